The first-order valence-corrected chi connectivity index (χ1v) is 5.52. The SMILES string of the molecule is Cc1c(C)c(Cl)c(C)c(-c2cc(N)on2)c1O. The van der Waals surface area contributed by atoms with Crippen molar-refractivity contribution >= 4 is 17.5 Å². The summed E-state index contributed by atoms with van der Waals surface area (Å²) in [4.78, 5) is 0. The number of rotatable bonds is 1. The molecule has 0 aliphatic carbocycles. The number of phenols is 1. The summed E-state index contributed by atoms with van der Waals surface area (Å²) < 4.78 is 4.81. The van der Waals surface area contributed by atoms with E-state index in [0.717, 1.165) is 16.7 Å². The van der Waals surface area contributed by atoms with Crippen LogP contribution in [-0.2, 0) is 0 Å². The average molecular weight is 253 g/mol. The summed E-state index contributed by atoms with van der Waals surface area (Å²) in [6.45, 7) is 5.50. The lowest BCUT2D eigenvalue weighted by atomic mass is 9.97. The number of aromatic hydroxyl groups is 1. The molecule has 0 bridgehead atoms. The van der Waals surface area contributed by atoms with Crippen molar-refractivity contribution in [3.8, 4) is 17.0 Å². The molecule has 4 nitrogen and oxygen atoms in total. The first-order valence-electron chi connectivity index (χ1n) is 5.14. The Hall–Kier alpha value is -1.68. The molecule has 2 rings (SSSR count). The van der Waals surface area contributed by atoms with Crippen LogP contribution in [0, 0.1) is 20.8 Å². The fourth-order valence-corrected chi connectivity index (χ4v) is 2.06. The minimum absolute atomic E-state index is 0.165. The molecule has 0 aliphatic rings. The van der Waals surface area contributed by atoms with E-state index in [4.69, 9.17) is 21.9 Å². The average Bonchev–Trinajstić information content (AvgIpc) is 2.71. The van der Waals surface area contributed by atoms with Gasteiger partial charge in [-0.2, -0.15) is 0 Å². The van der Waals surface area contributed by atoms with Gasteiger partial charge in [0, 0.05) is 11.1 Å². The van der Waals surface area contributed by atoms with Crippen molar-refractivity contribution in [1.29, 1.82) is 0 Å². The van der Waals surface area contributed by atoms with Gasteiger partial charge in [-0.1, -0.05) is 16.8 Å². The van der Waals surface area contributed by atoms with Crippen LogP contribution in [0.5, 0.6) is 5.75 Å². The van der Waals surface area contributed by atoms with Crippen LogP contribution in [-0.4, -0.2) is 10.3 Å². The predicted octanol–water partition coefficient (Wildman–Crippen LogP) is 3.21. The third-order valence-corrected chi connectivity index (χ3v) is 3.54. The molecule has 0 amide bonds. The van der Waals surface area contributed by atoms with Crippen molar-refractivity contribution in [2.24, 2.45) is 0 Å². The van der Waals surface area contributed by atoms with Gasteiger partial charge in [0.05, 0.1) is 5.56 Å². The molecule has 17 heavy (non-hydrogen) atoms. The smallest absolute Gasteiger partial charge is 0.222 e. The lowest BCUT2D eigenvalue weighted by Gasteiger charge is -2.13. The standard InChI is InChI=1S/C12H13ClN2O2/c1-5-6(2)12(16)10(7(3)11(5)13)8-4-9(14)17-15-8/h4,16H,14H2,1-3H3. The molecule has 1 aromatic carbocycles. The topological polar surface area (TPSA) is 72.3 Å². The number of benzene rings is 1. The summed E-state index contributed by atoms with van der Waals surface area (Å²) in [5.41, 5.74) is 8.90. The molecule has 3 N–H and O–H groups in total. The fraction of sp³-hybridized carbons (Fsp3) is 0.250. The molecule has 90 valence electrons. The maximum absolute atomic E-state index is 10.2. The minimum atomic E-state index is 0.165. The molecule has 5 heteroatoms. The molecule has 0 aliphatic heterocycles. The molecule has 0 spiro atoms. The number of hydrogen-bond acceptors (Lipinski definition) is 4. The lowest BCUT2D eigenvalue weighted by molar-refractivity contribution is 0.437. The van der Waals surface area contributed by atoms with Crippen LogP contribution in [0.25, 0.3) is 11.3 Å². The van der Waals surface area contributed by atoms with E-state index in [1.165, 1.54) is 0 Å². The second-order valence-corrected chi connectivity index (χ2v) is 4.41. The van der Waals surface area contributed by atoms with Crippen LogP contribution in [0.3, 0.4) is 0 Å². The van der Waals surface area contributed by atoms with Crippen molar-refractivity contribution in [3.63, 3.8) is 0 Å². The number of nitrogens with two attached hydrogens (primary N) is 1. The van der Waals surface area contributed by atoms with Crippen LogP contribution in [0.4, 0.5) is 5.88 Å². The van der Waals surface area contributed by atoms with Gasteiger partial charge in [0.1, 0.15) is 11.4 Å². The number of phenolic OH excluding ortho intramolecular Hbond substituents is 1. The third-order valence-electron chi connectivity index (χ3n) is 2.97. The number of aromatic nitrogens is 1. The Balaban J connectivity index is 2.78. The highest BCUT2D eigenvalue weighted by Gasteiger charge is 2.19. The van der Waals surface area contributed by atoms with Crippen molar-refractivity contribution in [2.75, 3.05) is 5.73 Å². The Bertz CT molecular complexity index is 561. The fourth-order valence-electron chi connectivity index (χ4n) is 1.82. The van der Waals surface area contributed by atoms with Crippen LogP contribution in [0.2, 0.25) is 5.02 Å². The zero-order valence-corrected chi connectivity index (χ0v) is 10.6. The maximum atomic E-state index is 10.2. The molecule has 2 aromatic rings. The highest BCUT2D eigenvalue weighted by molar-refractivity contribution is 6.32. The van der Waals surface area contributed by atoms with Crippen LogP contribution in [0.1, 0.15) is 16.7 Å². The van der Waals surface area contributed by atoms with Crippen molar-refractivity contribution in [3.05, 3.63) is 27.8 Å². The Morgan fingerprint density at radius 3 is 2.41 bits per heavy atom. The van der Waals surface area contributed by atoms with E-state index in [-0.39, 0.29) is 11.6 Å². The Kier molecular flexibility index (Phi) is 2.75. The molecule has 0 fully saturated rings. The quantitative estimate of drug-likeness (QED) is 0.817. The number of halogens is 1. The first kappa shape index (κ1) is 11.8. The monoisotopic (exact) mass is 252 g/mol. The Morgan fingerprint density at radius 1 is 1.24 bits per heavy atom. The third kappa shape index (κ3) is 1.74. The minimum Gasteiger partial charge on any atom is -0.507 e. The number of hydrogen-bond donors (Lipinski definition) is 2. The predicted molar refractivity (Wildman–Crippen MR) is 67.2 cm³/mol. The summed E-state index contributed by atoms with van der Waals surface area (Å²) in [5.74, 6) is 0.367. The normalized spacial score (nSPS) is 10.8. The van der Waals surface area contributed by atoms with E-state index in [2.05, 4.69) is 5.16 Å². The maximum Gasteiger partial charge on any atom is 0.222 e. The summed E-state index contributed by atoms with van der Waals surface area (Å²) >= 11 is 6.22. The van der Waals surface area contributed by atoms with Gasteiger partial charge >= 0.3 is 0 Å². The Morgan fingerprint density at radius 2 is 1.88 bits per heavy atom. The molecule has 0 radical (unpaired) electrons. The van der Waals surface area contributed by atoms with Crippen LogP contribution >= 0.6 is 11.6 Å². The van der Waals surface area contributed by atoms with Gasteiger partial charge in [0.15, 0.2) is 0 Å². The van der Waals surface area contributed by atoms with E-state index in [1.807, 2.05) is 20.8 Å². The number of anilines is 1. The van der Waals surface area contributed by atoms with Gasteiger partial charge in [-0.3, -0.25) is 0 Å². The largest absolute Gasteiger partial charge is 0.507 e. The van der Waals surface area contributed by atoms with Crippen LogP contribution in [0.15, 0.2) is 10.6 Å². The second-order valence-electron chi connectivity index (χ2n) is 4.03. The van der Waals surface area contributed by atoms with Crippen LogP contribution < -0.4 is 5.73 Å². The zero-order chi connectivity index (χ0) is 12.7. The highest BCUT2D eigenvalue weighted by atomic mass is 35.5. The van der Waals surface area contributed by atoms with Gasteiger partial charge in [0.25, 0.3) is 0 Å². The van der Waals surface area contributed by atoms with Gasteiger partial charge in [-0.15, -0.1) is 0 Å². The van der Waals surface area contributed by atoms with E-state index < -0.39 is 0 Å². The summed E-state index contributed by atoms with van der Waals surface area (Å²) in [7, 11) is 0. The van der Waals surface area contributed by atoms with E-state index in [9.17, 15) is 5.11 Å². The van der Waals surface area contributed by atoms with E-state index >= 15 is 0 Å². The summed E-state index contributed by atoms with van der Waals surface area (Å²) in [6, 6.07) is 1.56. The van der Waals surface area contributed by atoms with E-state index in [1.54, 1.807) is 6.07 Å². The second kappa shape index (κ2) is 3.96. The van der Waals surface area contributed by atoms with Gasteiger partial charge < -0.3 is 15.4 Å². The molecule has 1 aromatic heterocycles. The van der Waals surface area contributed by atoms with Gasteiger partial charge in [0.2, 0.25) is 5.88 Å². The highest BCUT2D eigenvalue weighted by Crippen LogP contribution is 2.41. The van der Waals surface area contributed by atoms with Crippen molar-refractivity contribution < 1.29 is 9.63 Å². The van der Waals surface area contributed by atoms with Crippen molar-refractivity contribution in [1.82, 2.24) is 5.16 Å². The molecular weight excluding hydrogens is 240 g/mol. The molecule has 0 atom stereocenters. The summed E-state index contributed by atoms with van der Waals surface area (Å²) in [6.07, 6.45) is 0. The van der Waals surface area contributed by atoms with Gasteiger partial charge in [-0.25, -0.2) is 0 Å². The molecule has 0 unspecified atom stereocenters. The summed E-state index contributed by atoms with van der Waals surface area (Å²) in [5, 5.41) is 14.6. The molecule has 0 saturated carbocycles. The van der Waals surface area contributed by atoms with Gasteiger partial charge in [-0.05, 0) is 37.5 Å². The van der Waals surface area contributed by atoms with Crippen molar-refractivity contribution in [2.45, 2.75) is 20.8 Å². The van der Waals surface area contributed by atoms with E-state index in [0.29, 0.717) is 16.3 Å². The first-order chi connectivity index (χ1) is 7.93. The molecule has 0 saturated heterocycles. The Labute approximate surface area is 104 Å². The number of nitrogens with zero attached hydrogens (tertiary/aromatic N) is 1. The molecular formula is C12H13ClN2O2. The zero-order valence-electron chi connectivity index (χ0n) is 9.84. The lowest BCUT2D eigenvalue weighted by Crippen LogP contribution is -1.93. The molecule has 1 heterocycles. The number of nitrogen functional groups attached to an aromatic ring is 1.